The van der Waals surface area contributed by atoms with Crippen LogP contribution in [0.2, 0.25) is 10.0 Å². The van der Waals surface area contributed by atoms with Gasteiger partial charge in [0.1, 0.15) is 5.69 Å². The maximum Gasteiger partial charge on any atom is 0.435 e. The van der Waals surface area contributed by atoms with Crippen LogP contribution < -0.4 is 5.32 Å². The molecule has 0 atom stereocenters. The fourth-order valence-corrected chi connectivity index (χ4v) is 3.11. The molecule has 0 spiro atoms. The van der Waals surface area contributed by atoms with Crippen LogP contribution in [0.5, 0.6) is 0 Å². The Morgan fingerprint density at radius 1 is 1.20 bits per heavy atom. The quantitative estimate of drug-likeness (QED) is 0.582. The van der Waals surface area contributed by atoms with Crippen molar-refractivity contribution in [1.29, 1.82) is 0 Å². The molecule has 2 aromatic heterocycles. The highest BCUT2D eigenvalue weighted by molar-refractivity contribution is 6.32. The highest BCUT2D eigenvalue weighted by Crippen LogP contribution is 2.31. The first-order chi connectivity index (χ1) is 14.0. The number of carbonyl (C=O) groups excluding carboxylic acids is 1. The van der Waals surface area contributed by atoms with Crippen molar-refractivity contribution in [2.24, 2.45) is 0 Å². The number of amides is 1. The van der Waals surface area contributed by atoms with Gasteiger partial charge in [-0.2, -0.15) is 18.3 Å². The SMILES string of the molecule is Cc1cc(Cl)cc(C(=O)O)c1NC(=O)c1cc(C(F)(F)F)nn1-c1ncccc1Cl. The van der Waals surface area contributed by atoms with Crippen LogP contribution in [-0.2, 0) is 6.18 Å². The lowest BCUT2D eigenvalue weighted by Gasteiger charge is -2.13. The summed E-state index contributed by atoms with van der Waals surface area (Å²) in [5, 5.41) is 15.2. The molecule has 0 saturated heterocycles. The number of hydrogen-bond acceptors (Lipinski definition) is 4. The van der Waals surface area contributed by atoms with Gasteiger partial charge in [0.15, 0.2) is 11.5 Å². The summed E-state index contributed by atoms with van der Waals surface area (Å²) >= 11 is 11.9. The molecule has 0 aliphatic heterocycles. The largest absolute Gasteiger partial charge is 0.478 e. The van der Waals surface area contributed by atoms with E-state index < -0.39 is 29.4 Å². The second-order valence-corrected chi connectivity index (χ2v) is 6.88. The van der Waals surface area contributed by atoms with E-state index in [9.17, 15) is 27.9 Å². The average molecular weight is 459 g/mol. The van der Waals surface area contributed by atoms with E-state index in [4.69, 9.17) is 23.2 Å². The lowest BCUT2D eigenvalue weighted by molar-refractivity contribution is -0.141. The van der Waals surface area contributed by atoms with E-state index in [0.717, 1.165) is 6.07 Å². The van der Waals surface area contributed by atoms with E-state index in [1.54, 1.807) is 0 Å². The number of halogens is 5. The Morgan fingerprint density at radius 3 is 2.50 bits per heavy atom. The second-order valence-electron chi connectivity index (χ2n) is 6.04. The standard InChI is InChI=1S/C18H11Cl2F3N4O3/c1-8-5-9(19)6-10(17(29)30)14(8)25-16(28)12-7-13(18(21,22)23)26-27(12)15-11(20)3-2-4-24-15/h2-7H,1H3,(H,25,28)(H,29,30). The predicted octanol–water partition coefficient (Wildman–Crippen LogP) is 4.85. The van der Waals surface area contributed by atoms with Crippen LogP contribution in [0.3, 0.4) is 0 Å². The number of nitrogens with zero attached hydrogens (tertiary/aromatic N) is 3. The molecule has 0 unspecified atom stereocenters. The van der Waals surface area contributed by atoms with Crippen LogP contribution in [0.4, 0.5) is 18.9 Å². The molecule has 0 aliphatic rings. The minimum absolute atomic E-state index is 0.0442. The molecule has 0 saturated carbocycles. The van der Waals surface area contributed by atoms with E-state index >= 15 is 0 Å². The summed E-state index contributed by atoms with van der Waals surface area (Å²) < 4.78 is 40.3. The van der Waals surface area contributed by atoms with Crippen LogP contribution in [0.15, 0.2) is 36.5 Å². The van der Waals surface area contributed by atoms with E-state index in [2.05, 4.69) is 15.4 Å². The third kappa shape index (κ3) is 4.24. The van der Waals surface area contributed by atoms with Crippen LogP contribution in [0.1, 0.15) is 32.1 Å². The molecule has 0 bridgehead atoms. The van der Waals surface area contributed by atoms with E-state index in [0.29, 0.717) is 16.3 Å². The van der Waals surface area contributed by atoms with Crippen LogP contribution >= 0.6 is 23.2 Å². The molecule has 1 amide bonds. The molecule has 156 valence electrons. The summed E-state index contributed by atoms with van der Waals surface area (Å²) in [5.74, 6) is -2.63. The zero-order valence-electron chi connectivity index (χ0n) is 15.0. The molecule has 0 radical (unpaired) electrons. The van der Waals surface area contributed by atoms with Crippen molar-refractivity contribution in [3.8, 4) is 5.82 Å². The van der Waals surface area contributed by atoms with Crippen LogP contribution in [0, 0.1) is 6.92 Å². The number of benzene rings is 1. The van der Waals surface area contributed by atoms with Gasteiger partial charge in [0.05, 0.1) is 16.3 Å². The monoisotopic (exact) mass is 458 g/mol. The molecule has 12 heteroatoms. The van der Waals surface area contributed by atoms with Crippen LogP contribution in [-0.4, -0.2) is 31.7 Å². The third-order valence-electron chi connectivity index (χ3n) is 3.94. The third-order valence-corrected chi connectivity index (χ3v) is 4.45. The lowest BCUT2D eigenvalue weighted by Crippen LogP contribution is -2.20. The number of hydrogen-bond donors (Lipinski definition) is 2. The van der Waals surface area contributed by atoms with Gasteiger partial charge in [-0.1, -0.05) is 23.2 Å². The fraction of sp³-hybridized carbons (Fsp3) is 0.111. The van der Waals surface area contributed by atoms with Crippen molar-refractivity contribution in [1.82, 2.24) is 14.8 Å². The Hall–Kier alpha value is -3.11. The van der Waals surface area contributed by atoms with E-state index in [-0.39, 0.29) is 27.1 Å². The summed E-state index contributed by atoms with van der Waals surface area (Å²) in [6.07, 6.45) is -3.58. The maximum atomic E-state index is 13.2. The number of carboxylic acid groups (broad SMARTS) is 1. The van der Waals surface area contributed by atoms with Gasteiger partial charge in [-0.15, -0.1) is 0 Å². The Balaban J connectivity index is 2.13. The van der Waals surface area contributed by atoms with Gasteiger partial charge in [-0.3, -0.25) is 4.79 Å². The predicted molar refractivity (Wildman–Crippen MR) is 102 cm³/mol. The number of rotatable bonds is 4. The Morgan fingerprint density at radius 2 is 1.90 bits per heavy atom. The van der Waals surface area contributed by atoms with Crippen molar-refractivity contribution in [2.75, 3.05) is 5.32 Å². The first kappa shape index (κ1) is 21.6. The summed E-state index contributed by atoms with van der Waals surface area (Å²) in [6, 6.07) is 5.85. The van der Waals surface area contributed by atoms with Crippen LogP contribution in [0.25, 0.3) is 5.82 Å². The Kier molecular flexibility index (Phi) is 5.73. The van der Waals surface area contributed by atoms with Crippen molar-refractivity contribution in [2.45, 2.75) is 13.1 Å². The first-order valence-electron chi connectivity index (χ1n) is 8.12. The molecule has 3 rings (SSSR count). The summed E-state index contributed by atoms with van der Waals surface area (Å²) in [7, 11) is 0. The zero-order valence-corrected chi connectivity index (χ0v) is 16.5. The number of carboxylic acids is 1. The summed E-state index contributed by atoms with van der Waals surface area (Å²) in [4.78, 5) is 28.2. The average Bonchev–Trinajstić information content (AvgIpc) is 3.09. The van der Waals surface area contributed by atoms with E-state index in [1.807, 2.05) is 0 Å². The topological polar surface area (TPSA) is 97.1 Å². The minimum Gasteiger partial charge on any atom is -0.478 e. The van der Waals surface area contributed by atoms with Crippen molar-refractivity contribution in [3.05, 3.63) is 69.1 Å². The molecule has 0 aliphatic carbocycles. The Bertz CT molecular complexity index is 1160. The zero-order chi connectivity index (χ0) is 22.2. The first-order valence-corrected chi connectivity index (χ1v) is 8.87. The number of pyridine rings is 1. The smallest absolute Gasteiger partial charge is 0.435 e. The number of nitrogens with one attached hydrogen (secondary N) is 1. The molecule has 2 N–H and O–H groups in total. The maximum absolute atomic E-state index is 13.2. The molecule has 30 heavy (non-hydrogen) atoms. The van der Waals surface area contributed by atoms with Gasteiger partial charge in [-0.25, -0.2) is 14.5 Å². The van der Waals surface area contributed by atoms with Gasteiger partial charge in [-0.05, 0) is 36.8 Å². The molecular formula is C18H11Cl2F3N4O3. The number of aryl methyl sites for hydroxylation is 1. The van der Waals surface area contributed by atoms with Gasteiger partial charge < -0.3 is 10.4 Å². The Labute approximate surface area is 177 Å². The number of anilines is 1. The molecule has 1 aromatic carbocycles. The van der Waals surface area contributed by atoms with Crippen molar-refractivity contribution >= 4 is 40.8 Å². The molecular weight excluding hydrogens is 448 g/mol. The highest BCUT2D eigenvalue weighted by Gasteiger charge is 2.36. The normalized spacial score (nSPS) is 11.4. The number of aromatic nitrogens is 3. The fourth-order valence-electron chi connectivity index (χ4n) is 2.63. The molecule has 0 fully saturated rings. The molecule has 3 aromatic rings. The summed E-state index contributed by atoms with van der Waals surface area (Å²) in [6.45, 7) is 1.49. The summed E-state index contributed by atoms with van der Waals surface area (Å²) in [5.41, 5.74) is -2.04. The molecule has 2 heterocycles. The van der Waals surface area contributed by atoms with Gasteiger partial charge in [0.2, 0.25) is 0 Å². The van der Waals surface area contributed by atoms with Gasteiger partial charge in [0.25, 0.3) is 5.91 Å². The lowest BCUT2D eigenvalue weighted by atomic mass is 10.1. The van der Waals surface area contributed by atoms with Gasteiger partial charge >= 0.3 is 12.1 Å². The number of aromatic carboxylic acids is 1. The minimum atomic E-state index is -4.84. The number of carbonyl (C=O) groups is 2. The highest BCUT2D eigenvalue weighted by atomic mass is 35.5. The van der Waals surface area contributed by atoms with Crippen molar-refractivity contribution < 1.29 is 27.9 Å². The van der Waals surface area contributed by atoms with Crippen molar-refractivity contribution in [3.63, 3.8) is 0 Å². The van der Waals surface area contributed by atoms with E-state index in [1.165, 1.54) is 31.3 Å². The number of alkyl halides is 3. The molecule has 7 nitrogen and oxygen atoms in total. The second kappa shape index (κ2) is 7.96. The van der Waals surface area contributed by atoms with Gasteiger partial charge in [0, 0.05) is 17.3 Å².